The molecule has 1 aromatic heterocycles. The average Bonchev–Trinajstić information content (AvgIpc) is 2.70. The van der Waals surface area contributed by atoms with Gasteiger partial charge in [0, 0.05) is 5.56 Å². The third-order valence-corrected chi connectivity index (χ3v) is 1.97. The first-order chi connectivity index (χ1) is 7.20. The fourth-order valence-electron chi connectivity index (χ4n) is 1.16. The molecule has 0 saturated heterocycles. The molecule has 0 amide bonds. The van der Waals surface area contributed by atoms with Crippen LogP contribution in [0, 0.1) is 0 Å². The van der Waals surface area contributed by atoms with Gasteiger partial charge in [-0.1, -0.05) is 0 Å². The third-order valence-electron chi connectivity index (χ3n) is 1.97. The van der Waals surface area contributed by atoms with Crippen LogP contribution in [0.1, 0.15) is 6.92 Å². The van der Waals surface area contributed by atoms with Gasteiger partial charge in [0.15, 0.2) is 11.5 Å². The summed E-state index contributed by atoms with van der Waals surface area (Å²) in [4.78, 5) is 1.44. The highest BCUT2D eigenvalue weighted by molar-refractivity contribution is 5.59. The number of aromatic nitrogens is 4. The maximum Gasteiger partial charge on any atom is 0.205 e. The van der Waals surface area contributed by atoms with Crippen LogP contribution < -0.4 is 0 Å². The molecule has 0 spiro atoms. The van der Waals surface area contributed by atoms with E-state index < -0.39 is 0 Å². The number of aromatic hydroxyl groups is 2. The second-order valence-corrected chi connectivity index (χ2v) is 3.01. The van der Waals surface area contributed by atoms with E-state index in [2.05, 4.69) is 15.4 Å². The Morgan fingerprint density at radius 1 is 1.27 bits per heavy atom. The van der Waals surface area contributed by atoms with Crippen LogP contribution in [0.5, 0.6) is 11.5 Å². The molecule has 15 heavy (non-hydrogen) atoms. The van der Waals surface area contributed by atoms with E-state index in [1.165, 1.54) is 16.9 Å². The van der Waals surface area contributed by atoms with Crippen molar-refractivity contribution >= 4 is 0 Å². The van der Waals surface area contributed by atoms with Crippen LogP contribution in [-0.2, 0) is 6.54 Å². The Kier molecular flexibility index (Phi) is 2.24. The Balaban J connectivity index is 2.40. The number of tetrazole rings is 1. The van der Waals surface area contributed by atoms with Crippen LogP contribution in [0.4, 0.5) is 0 Å². The van der Waals surface area contributed by atoms with Crippen molar-refractivity contribution in [1.29, 1.82) is 0 Å². The molecule has 0 aliphatic heterocycles. The summed E-state index contributed by atoms with van der Waals surface area (Å²) in [6.45, 7) is 2.54. The van der Waals surface area contributed by atoms with Crippen molar-refractivity contribution in [1.82, 2.24) is 20.2 Å². The average molecular weight is 206 g/mol. The van der Waals surface area contributed by atoms with Gasteiger partial charge >= 0.3 is 0 Å². The molecule has 6 heteroatoms. The molecular formula is C9H10N4O2. The van der Waals surface area contributed by atoms with Gasteiger partial charge in [0.05, 0.1) is 6.54 Å². The van der Waals surface area contributed by atoms with Gasteiger partial charge in [-0.25, -0.2) is 0 Å². The molecule has 0 aliphatic carbocycles. The highest BCUT2D eigenvalue weighted by Gasteiger charge is 2.07. The molecule has 78 valence electrons. The van der Waals surface area contributed by atoms with E-state index in [0.29, 0.717) is 17.9 Å². The summed E-state index contributed by atoms with van der Waals surface area (Å²) in [7, 11) is 0. The number of nitrogens with zero attached hydrogens (tertiary/aromatic N) is 4. The van der Waals surface area contributed by atoms with Gasteiger partial charge in [0.1, 0.15) is 0 Å². The summed E-state index contributed by atoms with van der Waals surface area (Å²) in [5, 5.41) is 30.1. The van der Waals surface area contributed by atoms with Gasteiger partial charge in [0.2, 0.25) is 5.82 Å². The summed E-state index contributed by atoms with van der Waals surface area (Å²) in [5.41, 5.74) is 0.616. The predicted molar refractivity (Wildman–Crippen MR) is 52.3 cm³/mol. The Morgan fingerprint density at radius 2 is 2.07 bits per heavy atom. The van der Waals surface area contributed by atoms with Gasteiger partial charge in [-0.2, -0.15) is 4.80 Å². The highest BCUT2D eigenvalue weighted by atomic mass is 16.3. The van der Waals surface area contributed by atoms with E-state index in [4.69, 9.17) is 5.11 Å². The van der Waals surface area contributed by atoms with Crippen LogP contribution in [0.2, 0.25) is 0 Å². The Labute approximate surface area is 85.8 Å². The molecule has 0 atom stereocenters. The normalized spacial score (nSPS) is 10.5. The molecule has 0 saturated carbocycles. The van der Waals surface area contributed by atoms with Gasteiger partial charge in [-0.15, -0.1) is 10.2 Å². The quantitative estimate of drug-likeness (QED) is 0.709. The topological polar surface area (TPSA) is 84.1 Å². The number of hydrogen-bond donors (Lipinski definition) is 2. The third kappa shape index (κ3) is 1.74. The minimum atomic E-state index is -0.194. The van der Waals surface area contributed by atoms with Crippen molar-refractivity contribution in [3.05, 3.63) is 18.2 Å². The zero-order chi connectivity index (χ0) is 10.8. The molecular weight excluding hydrogens is 196 g/mol. The number of phenols is 2. The lowest BCUT2D eigenvalue weighted by Crippen LogP contribution is -1.98. The van der Waals surface area contributed by atoms with Crippen molar-refractivity contribution in [2.24, 2.45) is 0 Å². The molecule has 0 radical (unpaired) electrons. The first kappa shape index (κ1) is 9.45. The summed E-state index contributed by atoms with van der Waals surface area (Å²) < 4.78 is 0. The van der Waals surface area contributed by atoms with Gasteiger partial charge in [-0.3, -0.25) is 0 Å². The fraction of sp³-hybridized carbons (Fsp3) is 0.222. The molecule has 6 nitrogen and oxygen atoms in total. The van der Waals surface area contributed by atoms with Crippen molar-refractivity contribution in [3.8, 4) is 22.9 Å². The lowest BCUT2D eigenvalue weighted by molar-refractivity contribution is 0.404. The SMILES string of the molecule is CCn1nnc(-c2ccc(O)c(O)c2)n1. The van der Waals surface area contributed by atoms with Crippen LogP contribution in [0.15, 0.2) is 18.2 Å². The zero-order valence-electron chi connectivity index (χ0n) is 8.12. The van der Waals surface area contributed by atoms with E-state index in [1.807, 2.05) is 6.92 Å². The number of aryl methyl sites for hydroxylation is 1. The first-order valence-electron chi connectivity index (χ1n) is 4.51. The minimum Gasteiger partial charge on any atom is -0.504 e. The van der Waals surface area contributed by atoms with E-state index in [0.717, 1.165) is 0 Å². The van der Waals surface area contributed by atoms with Crippen molar-refractivity contribution in [2.45, 2.75) is 13.5 Å². The van der Waals surface area contributed by atoms with E-state index in [9.17, 15) is 5.11 Å². The molecule has 1 aromatic carbocycles. The maximum absolute atomic E-state index is 9.29. The van der Waals surface area contributed by atoms with E-state index in [-0.39, 0.29) is 11.5 Å². The summed E-state index contributed by atoms with van der Waals surface area (Å²) in [6.07, 6.45) is 0. The molecule has 1 heterocycles. The van der Waals surface area contributed by atoms with Gasteiger partial charge < -0.3 is 10.2 Å². The number of benzene rings is 1. The summed E-state index contributed by atoms with van der Waals surface area (Å²) in [5.74, 6) is 0.0640. The second kappa shape index (κ2) is 3.56. The lowest BCUT2D eigenvalue weighted by Gasteiger charge is -1.98. The Bertz CT molecular complexity index is 481. The number of hydrogen-bond acceptors (Lipinski definition) is 5. The molecule has 2 aromatic rings. The molecule has 0 fully saturated rings. The maximum atomic E-state index is 9.29. The second-order valence-electron chi connectivity index (χ2n) is 3.01. The first-order valence-corrected chi connectivity index (χ1v) is 4.51. The van der Waals surface area contributed by atoms with Crippen molar-refractivity contribution < 1.29 is 10.2 Å². The Hall–Kier alpha value is -2.11. The van der Waals surface area contributed by atoms with Crippen LogP contribution >= 0.6 is 0 Å². The molecule has 2 N–H and O–H groups in total. The van der Waals surface area contributed by atoms with Crippen molar-refractivity contribution in [2.75, 3.05) is 0 Å². The Morgan fingerprint density at radius 3 is 2.67 bits per heavy atom. The monoisotopic (exact) mass is 206 g/mol. The fourth-order valence-corrected chi connectivity index (χ4v) is 1.16. The number of phenolic OH excluding ortho intramolecular Hbond substituents is 2. The van der Waals surface area contributed by atoms with Crippen LogP contribution in [0.25, 0.3) is 11.4 Å². The van der Waals surface area contributed by atoms with Gasteiger partial charge in [-0.05, 0) is 30.3 Å². The van der Waals surface area contributed by atoms with E-state index in [1.54, 1.807) is 6.07 Å². The molecule has 0 bridgehead atoms. The van der Waals surface area contributed by atoms with Gasteiger partial charge in [0.25, 0.3) is 0 Å². The smallest absolute Gasteiger partial charge is 0.205 e. The summed E-state index contributed by atoms with van der Waals surface area (Å²) >= 11 is 0. The standard InChI is InChI=1S/C9H10N4O2/c1-2-13-11-9(10-12-13)6-3-4-7(14)8(15)5-6/h3-5,14-15H,2H2,1H3. The largest absolute Gasteiger partial charge is 0.504 e. The summed E-state index contributed by atoms with van der Waals surface area (Å²) in [6, 6.07) is 4.40. The molecule has 0 aliphatic rings. The molecule has 0 unspecified atom stereocenters. The lowest BCUT2D eigenvalue weighted by atomic mass is 10.2. The zero-order valence-corrected chi connectivity index (χ0v) is 8.12. The number of rotatable bonds is 2. The van der Waals surface area contributed by atoms with Crippen molar-refractivity contribution in [3.63, 3.8) is 0 Å². The predicted octanol–water partition coefficient (Wildman–Crippen LogP) is 0.771. The van der Waals surface area contributed by atoms with Crippen LogP contribution in [0.3, 0.4) is 0 Å². The van der Waals surface area contributed by atoms with Crippen LogP contribution in [-0.4, -0.2) is 30.4 Å². The minimum absolute atomic E-state index is 0.165. The highest BCUT2D eigenvalue weighted by Crippen LogP contribution is 2.28. The molecule has 2 rings (SSSR count). The van der Waals surface area contributed by atoms with E-state index >= 15 is 0 Å².